The number of rotatable bonds is 4. The first-order valence-corrected chi connectivity index (χ1v) is 9.24. The van der Waals surface area contributed by atoms with Gasteiger partial charge in [0.1, 0.15) is 5.82 Å². The van der Waals surface area contributed by atoms with Crippen molar-refractivity contribution in [2.45, 2.75) is 63.3 Å². The van der Waals surface area contributed by atoms with E-state index in [1.54, 1.807) is 0 Å². The minimum Gasteiger partial charge on any atom is -0.317 e. The number of nitrogens with one attached hydrogen (secondary N) is 2. The number of piperidine rings is 2. The molecule has 1 aromatic rings. The summed E-state index contributed by atoms with van der Waals surface area (Å²) in [7, 11) is 0. The van der Waals surface area contributed by atoms with E-state index >= 15 is 0 Å². The van der Waals surface area contributed by atoms with E-state index in [4.69, 9.17) is 4.98 Å². The molecule has 3 heterocycles. The van der Waals surface area contributed by atoms with Crippen molar-refractivity contribution in [3.8, 4) is 0 Å². The average Bonchev–Trinajstić information content (AvgIpc) is 3.01. The molecule has 4 rings (SSSR count). The van der Waals surface area contributed by atoms with Gasteiger partial charge in [-0.05, 0) is 51.2 Å². The Balaban J connectivity index is 1.36. The third kappa shape index (κ3) is 3.20. The van der Waals surface area contributed by atoms with Crippen molar-refractivity contribution in [3.63, 3.8) is 0 Å². The summed E-state index contributed by atoms with van der Waals surface area (Å²) in [6.07, 6.45) is 10.4. The van der Waals surface area contributed by atoms with Crippen molar-refractivity contribution >= 4 is 0 Å². The van der Waals surface area contributed by atoms with Crippen LogP contribution in [0.4, 0.5) is 0 Å². The van der Waals surface area contributed by atoms with Gasteiger partial charge in [0.2, 0.25) is 0 Å². The second-order valence-corrected chi connectivity index (χ2v) is 7.46. The molecule has 5 heteroatoms. The van der Waals surface area contributed by atoms with Crippen LogP contribution in [0.15, 0.2) is 0 Å². The molecule has 0 bridgehead atoms. The molecule has 0 unspecified atom stereocenters. The summed E-state index contributed by atoms with van der Waals surface area (Å²) in [6.45, 7) is 4.78. The Morgan fingerprint density at radius 2 is 1.91 bits per heavy atom. The first-order valence-electron chi connectivity index (χ1n) is 9.24. The molecule has 1 atom stereocenters. The van der Waals surface area contributed by atoms with Crippen molar-refractivity contribution in [2.24, 2.45) is 5.92 Å². The third-order valence-electron chi connectivity index (χ3n) is 5.90. The van der Waals surface area contributed by atoms with Crippen LogP contribution in [-0.2, 0) is 6.42 Å². The largest absolute Gasteiger partial charge is 0.317 e. The molecule has 0 amide bonds. The van der Waals surface area contributed by atoms with E-state index in [0.29, 0.717) is 5.92 Å². The smallest absolute Gasteiger partial charge is 0.155 e. The van der Waals surface area contributed by atoms with Crippen LogP contribution >= 0.6 is 0 Å². The molecule has 122 valence electrons. The lowest BCUT2D eigenvalue weighted by molar-refractivity contribution is 0.121. The van der Waals surface area contributed by atoms with Crippen LogP contribution in [0.25, 0.3) is 0 Å². The Labute approximate surface area is 133 Å². The van der Waals surface area contributed by atoms with Gasteiger partial charge in [-0.15, -0.1) is 0 Å². The molecule has 3 aliphatic rings. The topological polar surface area (TPSA) is 56.8 Å². The molecule has 0 aromatic carbocycles. The maximum Gasteiger partial charge on any atom is 0.155 e. The number of H-pyrrole nitrogens is 1. The minimum atomic E-state index is 0.537. The van der Waals surface area contributed by atoms with E-state index in [1.807, 2.05) is 0 Å². The third-order valence-corrected chi connectivity index (χ3v) is 5.90. The van der Waals surface area contributed by atoms with Gasteiger partial charge < -0.3 is 5.32 Å². The van der Waals surface area contributed by atoms with Crippen molar-refractivity contribution in [3.05, 3.63) is 11.6 Å². The van der Waals surface area contributed by atoms with E-state index in [1.165, 1.54) is 64.6 Å². The molecule has 2 N–H and O–H groups in total. The number of hydrogen-bond acceptors (Lipinski definition) is 4. The van der Waals surface area contributed by atoms with Gasteiger partial charge in [-0.1, -0.05) is 19.3 Å². The SMILES string of the molecule is C1CC(Cc2nc([C@H]3CCCN(C4CCNCC4)C3)n[nH]2)C1. The van der Waals surface area contributed by atoms with E-state index in [-0.39, 0.29) is 0 Å². The zero-order valence-corrected chi connectivity index (χ0v) is 13.6. The lowest BCUT2D eigenvalue weighted by atomic mass is 9.83. The van der Waals surface area contributed by atoms with Gasteiger partial charge in [-0.3, -0.25) is 10.00 Å². The van der Waals surface area contributed by atoms with Crippen LogP contribution in [0.5, 0.6) is 0 Å². The Morgan fingerprint density at radius 1 is 1.05 bits per heavy atom. The highest BCUT2D eigenvalue weighted by Crippen LogP contribution is 2.30. The zero-order chi connectivity index (χ0) is 14.8. The Bertz CT molecular complexity index is 475. The fourth-order valence-corrected chi connectivity index (χ4v) is 4.27. The average molecular weight is 303 g/mol. The Hall–Kier alpha value is -0.940. The van der Waals surface area contributed by atoms with Crippen molar-refractivity contribution in [1.82, 2.24) is 25.4 Å². The van der Waals surface area contributed by atoms with E-state index in [2.05, 4.69) is 20.4 Å². The quantitative estimate of drug-likeness (QED) is 0.894. The van der Waals surface area contributed by atoms with Crippen LogP contribution < -0.4 is 5.32 Å². The normalized spacial score (nSPS) is 28.6. The van der Waals surface area contributed by atoms with Gasteiger partial charge in [-0.25, -0.2) is 4.98 Å². The Morgan fingerprint density at radius 3 is 2.68 bits per heavy atom. The summed E-state index contributed by atoms with van der Waals surface area (Å²) in [5.41, 5.74) is 0. The summed E-state index contributed by atoms with van der Waals surface area (Å²) in [5.74, 6) is 3.60. The predicted molar refractivity (Wildman–Crippen MR) is 86.9 cm³/mol. The Kier molecular flexibility index (Phi) is 4.44. The fraction of sp³-hybridized carbons (Fsp3) is 0.882. The number of hydrogen-bond donors (Lipinski definition) is 2. The van der Waals surface area contributed by atoms with E-state index in [9.17, 15) is 0 Å². The number of nitrogens with zero attached hydrogens (tertiary/aromatic N) is 3. The zero-order valence-electron chi connectivity index (χ0n) is 13.6. The van der Waals surface area contributed by atoms with Crippen LogP contribution in [0.3, 0.4) is 0 Å². The molecule has 3 fully saturated rings. The molecular formula is C17H29N5. The van der Waals surface area contributed by atoms with Crippen LogP contribution in [0, 0.1) is 5.92 Å². The lowest BCUT2D eigenvalue weighted by Crippen LogP contribution is -2.47. The molecule has 0 radical (unpaired) electrons. The van der Waals surface area contributed by atoms with Crippen molar-refractivity contribution < 1.29 is 0 Å². The molecule has 1 aromatic heterocycles. The summed E-state index contributed by atoms with van der Waals surface area (Å²) < 4.78 is 0. The van der Waals surface area contributed by atoms with E-state index in [0.717, 1.165) is 36.6 Å². The highest BCUT2D eigenvalue weighted by molar-refractivity contribution is 5.02. The number of aromatic amines is 1. The summed E-state index contributed by atoms with van der Waals surface area (Å²) in [4.78, 5) is 7.53. The van der Waals surface area contributed by atoms with E-state index < -0.39 is 0 Å². The van der Waals surface area contributed by atoms with Crippen molar-refractivity contribution in [2.75, 3.05) is 26.2 Å². The molecule has 5 nitrogen and oxygen atoms in total. The highest BCUT2D eigenvalue weighted by atomic mass is 15.2. The summed E-state index contributed by atoms with van der Waals surface area (Å²) in [6, 6.07) is 0.775. The first kappa shape index (κ1) is 14.6. The summed E-state index contributed by atoms with van der Waals surface area (Å²) >= 11 is 0. The van der Waals surface area contributed by atoms with Crippen LogP contribution in [0.2, 0.25) is 0 Å². The molecular weight excluding hydrogens is 274 g/mol. The number of aromatic nitrogens is 3. The standard InChI is InChI=1S/C17H29N5/c1-3-13(4-1)11-16-19-17(21-20-16)14-5-2-10-22(12-14)15-6-8-18-9-7-15/h13-15,18H,1-12H2,(H,19,20,21)/t14-/m0/s1. The van der Waals surface area contributed by atoms with Gasteiger partial charge in [-0.2, -0.15) is 5.10 Å². The van der Waals surface area contributed by atoms with Crippen LogP contribution in [-0.4, -0.2) is 52.3 Å². The fourth-order valence-electron chi connectivity index (χ4n) is 4.27. The molecule has 22 heavy (non-hydrogen) atoms. The second-order valence-electron chi connectivity index (χ2n) is 7.46. The lowest BCUT2D eigenvalue weighted by Gasteiger charge is -2.39. The van der Waals surface area contributed by atoms with Gasteiger partial charge >= 0.3 is 0 Å². The maximum atomic E-state index is 4.83. The predicted octanol–water partition coefficient (Wildman–Crippen LogP) is 2.08. The summed E-state index contributed by atoms with van der Waals surface area (Å²) in [5, 5.41) is 11.2. The minimum absolute atomic E-state index is 0.537. The molecule has 2 saturated heterocycles. The monoisotopic (exact) mass is 303 g/mol. The molecule has 1 aliphatic carbocycles. The van der Waals surface area contributed by atoms with Gasteiger partial charge in [0.05, 0.1) is 0 Å². The van der Waals surface area contributed by atoms with Crippen molar-refractivity contribution in [1.29, 1.82) is 0 Å². The highest BCUT2D eigenvalue weighted by Gasteiger charge is 2.29. The molecule has 1 saturated carbocycles. The molecule has 0 spiro atoms. The first-order chi connectivity index (χ1) is 10.9. The van der Waals surface area contributed by atoms with Crippen LogP contribution in [0.1, 0.15) is 62.5 Å². The maximum absolute atomic E-state index is 4.83. The van der Waals surface area contributed by atoms with Gasteiger partial charge in [0, 0.05) is 24.9 Å². The second kappa shape index (κ2) is 6.67. The molecule has 2 aliphatic heterocycles. The van der Waals surface area contributed by atoms with Gasteiger partial charge in [0.15, 0.2) is 5.82 Å². The number of likely N-dealkylation sites (tertiary alicyclic amines) is 1. The van der Waals surface area contributed by atoms with Gasteiger partial charge in [0.25, 0.3) is 0 Å².